The van der Waals surface area contributed by atoms with Crippen molar-refractivity contribution < 1.29 is 22.8 Å². The number of hydrogen-bond acceptors (Lipinski definition) is 4. The smallest absolute Gasteiger partial charge is 0.366 e. The summed E-state index contributed by atoms with van der Waals surface area (Å²) in [5.74, 6) is 0.156. The molecule has 2 unspecified atom stereocenters. The van der Waals surface area contributed by atoms with Crippen LogP contribution in [0.25, 0.3) is 0 Å². The number of ketones is 1. The predicted octanol–water partition coefficient (Wildman–Crippen LogP) is 6.17. The molecule has 2 aromatic rings. The molecule has 1 amide bonds. The molecule has 0 bridgehead atoms. The van der Waals surface area contributed by atoms with E-state index < -0.39 is 11.7 Å². The lowest BCUT2D eigenvalue weighted by atomic mass is 9.95. The van der Waals surface area contributed by atoms with Gasteiger partial charge in [-0.2, -0.15) is 13.2 Å². The van der Waals surface area contributed by atoms with Crippen LogP contribution in [0, 0.1) is 11.8 Å². The number of hydrogen-bond donors (Lipinski definition) is 0. The number of alkyl halides is 3. The average Bonchev–Trinajstić information content (AvgIpc) is 3.18. The Morgan fingerprint density at radius 1 is 1.17 bits per heavy atom. The summed E-state index contributed by atoms with van der Waals surface area (Å²) >= 11 is 6.05. The van der Waals surface area contributed by atoms with E-state index in [1.54, 1.807) is 31.3 Å². The molecular weight excluding hydrogens is 491 g/mol. The summed E-state index contributed by atoms with van der Waals surface area (Å²) < 4.78 is 41.0. The highest BCUT2D eigenvalue weighted by Crippen LogP contribution is 2.37. The van der Waals surface area contributed by atoms with Gasteiger partial charge in [-0.1, -0.05) is 11.6 Å². The van der Waals surface area contributed by atoms with Gasteiger partial charge in [0.05, 0.1) is 16.9 Å². The monoisotopic (exact) mass is 521 g/mol. The molecule has 9 heteroatoms. The van der Waals surface area contributed by atoms with Crippen molar-refractivity contribution in [3.63, 3.8) is 0 Å². The Balaban J connectivity index is 1.55. The minimum absolute atomic E-state index is 0.0265. The van der Waals surface area contributed by atoms with Crippen LogP contribution < -0.4 is 4.90 Å². The summed E-state index contributed by atoms with van der Waals surface area (Å²) in [4.78, 5) is 33.5. The fraction of sp³-hybridized carbons (Fsp3) is 0.519. The van der Waals surface area contributed by atoms with Crippen LogP contribution in [0.4, 0.5) is 18.9 Å². The third-order valence-electron chi connectivity index (χ3n) is 7.24. The molecule has 1 aliphatic heterocycles. The zero-order chi connectivity index (χ0) is 26.0. The van der Waals surface area contributed by atoms with Crippen molar-refractivity contribution in [1.82, 2.24) is 9.88 Å². The van der Waals surface area contributed by atoms with Gasteiger partial charge in [0.1, 0.15) is 0 Å². The summed E-state index contributed by atoms with van der Waals surface area (Å²) in [6.45, 7) is 0.589. The van der Waals surface area contributed by atoms with E-state index in [0.717, 1.165) is 37.4 Å². The summed E-state index contributed by atoms with van der Waals surface area (Å²) in [6, 6.07) is 5.42. The largest absolute Gasteiger partial charge is 0.416 e. The maximum atomic E-state index is 13.7. The third-order valence-corrected chi connectivity index (χ3v) is 7.48. The number of nitrogens with zero attached hydrogens (tertiary/aromatic N) is 3. The second kappa shape index (κ2) is 10.8. The Labute approximate surface area is 214 Å². The Kier molecular flexibility index (Phi) is 7.93. The van der Waals surface area contributed by atoms with Crippen LogP contribution in [0.3, 0.4) is 0 Å². The highest BCUT2D eigenvalue weighted by Gasteiger charge is 2.35. The summed E-state index contributed by atoms with van der Waals surface area (Å²) in [6.07, 6.45) is 2.13. The Morgan fingerprint density at radius 3 is 2.67 bits per heavy atom. The molecule has 2 heterocycles. The number of halogens is 4. The van der Waals surface area contributed by atoms with Gasteiger partial charge in [-0.3, -0.25) is 14.6 Å². The number of aryl methyl sites for hydroxylation is 1. The molecule has 0 saturated heterocycles. The van der Waals surface area contributed by atoms with Gasteiger partial charge < -0.3 is 9.80 Å². The zero-order valence-electron chi connectivity index (χ0n) is 20.6. The van der Waals surface area contributed by atoms with Gasteiger partial charge in [-0.25, -0.2) is 0 Å². The van der Waals surface area contributed by atoms with E-state index in [0.29, 0.717) is 37.1 Å². The van der Waals surface area contributed by atoms with E-state index in [9.17, 15) is 22.8 Å². The minimum Gasteiger partial charge on any atom is -0.366 e. The van der Waals surface area contributed by atoms with Gasteiger partial charge in [-0.05, 0) is 74.3 Å². The third kappa shape index (κ3) is 6.02. The van der Waals surface area contributed by atoms with Crippen molar-refractivity contribution >= 4 is 29.0 Å². The van der Waals surface area contributed by atoms with Gasteiger partial charge in [0, 0.05) is 56.3 Å². The van der Waals surface area contributed by atoms with E-state index in [4.69, 9.17) is 11.6 Å². The molecule has 2 aliphatic rings. The summed E-state index contributed by atoms with van der Waals surface area (Å²) in [5.41, 5.74) is 1.35. The van der Waals surface area contributed by atoms with Crippen LogP contribution in [0.2, 0.25) is 5.02 Å². The Hall–Kier alpha value is -2.61. The maximum Gasteiger partial charge on any atom is 0.416 e. The topological polar surface area (TPSA) is 53.5 Å². The second-order valence-corrected chi connectivity index (χ2v) is 10.5. The highest BCUT2D eigenvalue weighted by molar-refractivity contribution is 6.30. The molecule has 1 aliphatic carbocycles. The predicted molar refractivity (Wildman–Crippen MR) is 133 cm³/mol. The number of carbonyl (C=O) groups is 2. The molecule has 1 fully saturated rings. The number of aromatic nitrogens is 1. The van der Waals surface area contributed by atoms with Crippen LogP contribution >= 0.6 is 11.6 Å². The van der Waals surface area contributed by atoms with E-state index in [2.05, 4.69) is 4.98 Å². The van der Waals surface area contributed by atoms with Gasteiger partial charge in [0.25, 0.3) is 0 Å². The van der Waals surface area contributed by atoms with Crippen LogP contribution in [0.1, 0.15) is 65.7 Å². The Bertz CT molecular complexity index is 1140. The number of fused-ring (bicyclic) bond motifs is 1. The van der Waals surface area contributed by atoms with Crippen LogP contribution in [-0.2, 0) is 23.9 Å². The molecule has 0 radical (unpaired) electrons. The van der Waals surface area contributed by atoms with Crippen molar-refractivity contribution in [3.8, 4) is 0 Å². The molecule has 1 aromatic heterocycles. The van der Waals surface area contributed by atoms with Gasteiger partial charge in [-0.15, -0.1) is 0 Å². The average molecular weight is 522 g/mol. The summed E-state index contributed by atoms with van der Waals surface area (Å²) in [7, 11) is 3.49. The number of anilines is 1. The molecular formula is C27H31ClF3N3O2. The van der Waals surface area contributed by atoms with E-state index in [1.807, 2.05) is 4.90 Å². The minimum atomic E-state index is -4.49. The lowest BCUT2D eigenvalue weighted by Gasteiger charge is -2.27. The molecule has 36 heavy (non-hydrogen) atoms. The second-order valence-electron chi connectivity index (χ2n) is 10.1. The van der Waals surface area contributed by atoms with Crippen molar-refractivity contribution in [3.05, 3.63) is 57.9 Å². The normalized spacial score (nSPS) is 20.1. The van der Waals surface area contributed by atoms with Crippen LogP contribution in [-0.4, -0.2) is 42.2 Å². The first-order valence-electron chi connectivity index (χ1n) is 12.4. The zero-order valence-corrected chi connectivity index (χ0v) is 21.3. The van der Waals surface area contributed by atoms with E-state index in [1.165, 1.54) is 12.1 Å². The van der Waals surface area contributed by atoms with Gasteiger partial charge in [0.2, 0.25) is 5.91 Å². The number of amides is 1. The molecule has 194 valence electrons. The molecule has 1 saturated carbocycles. The lowest BCUT2D eigenvalue weighted by Crippen LogP contribution is -2.28. The first kappa shape index (κ1) is 26.5. The van der Waals surface area contributed by atoms with Crippen LogP contribution in [0.5, 0.6) is 0 Å². The number of Topliss-reactive ketones (excluding diaryl/α,β-unsaturated/α-hetero) is 1. The van der Waals surface area contributed by atoms with Crippen molar-refractivity contribution in [2.45, 2.75) is 57.7 Å². The standard InChI is InChI=1S/C27H31ClF3N3O2/c1-33(2)26(36)18-7-6-17(11-18)12-25(35)19-14-24-23(32-15-19)5-3-4-10-34(24)16-20-13-21(28)8-9-22(20)27(29,30)31/h8-9,13-15,17-18H,3-7,10-12,16H2,1-2H3. The molecule has 0 spiro atoms. The number of rotatable bonds is 6. The maximum absolute atomic E-state index is 13.7. The molecule has 4 rings (SSSR count). The SMILES string of the molecule is CN(C)C(=O)C1CCC(CC(=O)c2cnc3c(c2)N(Cc2cc(Cl)ccc2C(F)(F)F)CCCC3)C1. The quantitative estimate of drug-likeness (QED) is 0.426. The fourth-order valence-corrected chi connectivity index (χ4v) is 5.58. The number of carbonyl (C=O) groups excluding carboxylic acids is 2. The number of pyridine rings is 1. The van der Waals surface area contributed by atoms with Crippen molar-refractivity contribution in [1.29, 1.82) is 0 Å². The van der Waals surface area contributed by atoms with Gasteiger partial charge in [0.15, 0.2) is 5.78 Å². The molecule has 0 N–H and O–H groups in total. The van der Waals surface area contributed by atoms with E-state index >= 15 is 0 Å². The van der Waals surface area contributed by atoms with E-state index in [-0.39, 0.29) is 40.7 Å². The lowest BCUT2D eigenvalue weighted by molar-refractivity contribution is -0.138. The highest BCUT2D eigenvalue weighted by atomic mass is 35.5. The van der Waals surface area contributed by atoms with Gasteiger partial charge >= 0.3 is 6.18 Å². The fourth-order valence-electron chi connectivity index (χ4n) is 5.39. The molecule has 1 aromatic carbocycles. The number of benzene rings is 1. The van der Waals surface area contributed by atoms with Crippen LogP contribution in [0.15, 0.2) is 30.5 Å². The molecule has 2 atom stereocenters. The molecule has 5 nitrogen and oxygen atoms in total. The first-order chi connectivity index (χ1) is 17.0. The van der Waals surface area contributed by atoms with Crippen molar-refractivity contribution in [2.24, 2.45) is 11.8 Å². The Morgan fingerprint density at radius 2 is 1.94 bits per heavy atom. The van der Waals surface area contributed by atoms with Crippen molar-refractivity contribution in [2.75, 3.05) is 25.5 Å². The summed E-state index contributed by atoms with van der Waals surface area (Å²) in [5, 5.41) is 0.248. The first-order valence-corrected chi connectivity index (χ1v) is 12.7.